The molecule has 1 aromatic rings. The molecule has 0 heterocycles. The molecule has 0 aliphatic rings. The van der Waals surface area contributed by atoms with Crippen LogP contribution in [0.25, 0.3) is 0 Å². The van der Waals surface area contributed by atoms with Crippen molar-refractivity contribution in [3.8, 4) is 0 Å². The number of ether oxygens (including phenoxy) is 1. The Morgan fingerprint density at radius 2 is 1.89 bits per heavy atom. The third kappa shape index (κ3) is 4.84. The molecule has 0 radical (unpaired) electrons. The number of nitrogens with two attached hydrogens (primary N) is 1. The van der Waals surface area contributed by atoms with Gasteiger partial charge in [-0.2, -0.15) is 0 Å². The Morgan fingerprint density at radius 1 is 1.28 bits per heavy atom. The minimum absolute atomic E-state index is 0.138. The normalized spacial score (nSPS) is 14.8. The molecule has 0 aromatic heterocycles. The van der Waals surface area contributed by atoms with Crippen LogP contribution in [0.5, 0.6) is 0 Å². The Morgan fingerprint density at radius 3 is 2.33 bits per heavy atom. The first-order valence-electron chi connectivity index (χ1n) is 6.40. The standard InChI is InChI=1S/C14H23IN2O/c1-4-18-14(10(2)3)13(17-16)9-11-5-7-12(15)8-6-11/h5-8,10,13-14,17H,4,9,16H2,1-3H3. The summed E-state index contributed by atoms with van der Waals surface area (Å²) in [5.41, 5.74) is 4.19. The Bertz CT molecular complexity index is 340. The number of hydrogen-bond acceptors (Lipinski definition) is 3. The molecule has 0 aliphatic carbocycles. The second kappa shape index (κ2) is 8.09. The van der Waals surface area contributed by atoms with E-state index in [-0.39, 0.29) is 12.1 Å². The molecule has 0 fully saturated rings. The van der Waals surface area contributed by atoms with Crippen LogP contribution >= 0.6 is 22.6 Å². The van der Waals surface area contributed by atoms with Gasteiger partial charge in [-0.25, -0.2) is 0 Å². The molecule has 3 N–H and O–H groups in total. The molecule has 0 bridgehead atoms. The first-order chi connectivity index (χ1) is 8.58. The lowest BCUT2D eigenvalue weighted by Gasteiger charge is -2.29. The van der Waals surface area contributed by atoms with Crippen LogP contribution in [0.4, 0.5) is 0 Å². The van der Waals surface area contributed by atoms with Gasteiger partial charge in [0.05, 0.1) is 12.1 Å². The van der Waals surface area contributed by atoms with Crippen molar-refractivity contribution in [3.63, 3.8) is 0 Å². The Balaban J connectivity index is 2.72. The highest BCUT2D eigenvalue weighted by atomic mass is 127. The van der Waals surface area contributed by atoms with Crippen molar-refractivity contribution in [2.45, 2.75) is 39.3 Å². The van der Waals surface area contributed by atoms with E-state index in [4.69, 9.17) is 10.6 Å². The van der Waals surface area contributed by atoms with E-state index in [1.807, 2.05) is 6.92 Å². The van der Waals surface area contributed by atoms with Crippen molar-refractivity contribution in [2.75, 3.05) is 6.61 Å². The monoisotopic (exact) mass is 362 g/mol. The van der Waals surface area contributed by atoms with Crippen LogP contribution in [0.15, 0.2) is 24.3 Å². The zero-order valence-electron chi connectivity index (χ0n) is 11.3. The molecule has 0 spiro atoms. The van der Waals surface area contributed by atoms with Gasteiger partial charge in [0.1, 0.15) is 0 Å². The summed E-state index contributed by atoms with van der Waals surface area (Å²) in [7, 11) is 0. The van der Waals surface area contributed by atoms with E-state index in [0.29, 0.717) is 12.5 Å². The highest BCUT2D eigenvalue weighted by Gasteiger charge is 2.24. The third-order valence-corrected chi connectivity index (χ3v) is 3.71. The molecule has 2 atom stereocenters. The van der Waals surface area contributed by atoms with Gasteiger partial charge in [-0.3, -0.25) is 11.3 Å². The smallest absolute Gasteiger partial charge is 0.0767 e. The lowest BCUT2D eigenvalue weighted by molar-refractivity contribution is 0.00355. The van der Waals surface area contributed by atoms with E-state index >= 15 is 0 Å². The molecule has 3 nitrogen and oxygen atoms in total. The topological polar surface area (TPSA) is 47.3 Å². The third-order valence-electron chi connectivity index (χ3n) is 3.00. The van der Waals surface area contributed by atoms with Crippen molar-refractivity contribution >= 4 is 22.6 Å². The average molecular weight is 362 g/mol. The van der Waals surface area contributed by atoms with Crippen molar-refractivity contribution in [1.82, 2.24) is 5.43 Å². The van der Waals surface area contributed by atoms with Gasteiger partial charge in [0, 0.05) is 10.2 Å². The molecule has 0 amide bonds. The Kier molecular flexibility index (Phi) is 7.14. The second-order valence-corrected chi connectivity index (χ2v) is 6.01. The number of nitrogens with one attached hydrogen (secondary N) is 1. The molecule has 1 aromatic carbocycles. The first-order valence-corrected chi connectivity index (χ1v) is 7.48. The van der Waals surface area contributed by atoms with Crippen molar-refractivity contribution < 1.29 is 4.74 Å². The Labute approximate surface area is 124 Å². The maximum atomic E-state index is 5.81. The molecule has 0 aliphatic heterocycles. The van der Waals surface area contributed by atoms with Gasteiger partial charge < -0.3 is 4.74 Å². The number of hydrogen-bond donors (Lipinski definition) is 2. The fourth-order valence-corrected chi connectivity index (χ4v) is 2.47. The van der Waals surface area contributed by atoms with Gasteiger partial charge in [0.2, 0.25) is 0 Å². The Hall–Kier alpha value is -0.170. The van der Waals surface area contributed by atoms with Crippen molar-refractivity contribution in [1.29, 1.82) is 0 Å². The minimum Gasteiger partial charge on any atom is -0.377 e. The summed E-state index contributed by atoms with van der Waals surface area (Å²) in [6.07, 6.45) is 1.02. The molecule has 18 heavy (non-hydrogen) atoms. The maximum absolute atomic E-state index is 5.81. The number of rotatable bonds is 7. The molecule has 102 valence electrons. The van der Waals surface area contributed by atoms with Crippen LogP contribution in [0.3, 0.4) is 0 Å². The van der Waals surface area contributed by atoms with E-state index < -0.39 is 0 Å². The van der Waals surface area contributed by atoms with E-state index in [9.17, 15) is 0 Å². The van der Waals surface area contributed by atoms with Gasteiger partial charge in [0.15, 0.2) is 0 Å². The van der Waals surface area contributed by atoms with Gasteiger partial charge in [-0.15, -0.1) is 0 Å². The number of hydrazine groups is 1. The molecule has 4 heteroatoms. The summed E-state index contributed by atoms with van der Waals surface area (Å²) in [6.45, 7) is 7.07. The predicted octanol–water partition coefficient (Wildman–Crippen LogP) is 2.73. The fraction of sp³-hybridized carbons (Fsp3) is 0.571. The van der Waals surface area contributed by atoms with Crippen molar-refractivity contribution in [2.24, 2.45) is 11.8 Å². The molecule has 0 saturated carbocycles. The summed E-state index contributed by atoms with van der Waals surface area (Å²) in [6, 6.07) is 8.68. The van der Waals surface area contributed by atoms with Crippen LogP contribution in [0, 0.1) is 9.49 Å². The predicted molar refractivity (Wildman–Crippen MR) is 84.2 cm³/mol. The summed E-state index contributed by atoms with van der Waals surface area (Å²) in [4.78, 5) is 0. The van der Waals surface area contributed by atoms with E-state index in [0.717, 1.165) is 6.42 Å². The number of benzene rings is 1. The molecule has 0 saturated heterocycles. The quantitative estimate of drug-likeness (QED) is 0.446. The number of halogens is 1. The molecule has 1 rings (SSSR count). The zero-order valence-corrected chi connectivity index (χ0v) is 13.5. The van der Waals surface area contributed by atoms with E-state index in [1.165, 1.54) is 9.13 Å². The maximum Gasteiger partial charge on any atom is 0.0767 e. The van der Waals surface area contributed by atoms with Crippen LogP contribution < -0.4 is 11.3 Å². The van der Waals surface area contributed by atoms with Crippen LogP contribution in [0.1, 0.15) is 26.3 Å². The molecular formula is C14H23IN2O. The largest absolute Gasteiger partial charge is 0.377 e. The summed E-state index contributed by atoms with van der Waals surface area (Å²) < 4.78 is 7.06. The summed E-state index contributed by atoms with van der Waals surface area (Å²) in [5, 5.41) is 0. The van der Waals surface area contributed by atoms with Gasteiger partial charge >= 0.3 is 0 Å². The van der Waals surface area contributed by atoms with E-state index in [2.05, 4.69) is 66.1 Å². The first kappa shape index (κ1) is 15.9. The van der Waals surface area contributed by atoms with Crippen LogP contribution in [-0.2, 0) is 11.2 Å². The van der Waals surface area contributed by atoms with Gasteiger partial charge in [0.25, 0.3) is 0 Å². The average Bonchev–Trinajstić information content (AvgIpc) is 2.35. The van der Waals surface area contributed by atoms with Crippen molar-refractivity contribution in [3.05, 3.63) is 33.4 Å². The second-order valence-electron chi connectivity index (χ2n) is 4.77. The van der Waals surface area contributed by atoms with E-state index in [1.54, 1.807) is 0 Å². The summed E-state index contributed by atoms with van der Waals surface area (Å²) in [5.74, 6) is 6.13. The highest BCUT2D eigenvalue weighted by Crippen LogP contribution is 2.16. The highest BCUT2D eigenvalue weighted by molar-refractivity contribution is 14.1. The molecule has 2 unspecified atom stereocenters. The minimum atomic E-state index is 0.138. The summed E-state index contributed by atoms with van der Waals surface area (Å²) >= 11 is 2.31. The van der Waals surface area contributed by atoms with Gasteiger partial charge in [-0.05, 0) is 59.5 Å². The van der Waals surface area contributed by atoms with Gasteiger partial charge in [-0.1, -0.05) is 26.0 Å². The lowest BCUT2D eigenvalue weighted by atomic mass is 9.94. The fourth-order valence-electron chi connectivity index (χ4n) is 2.11. The lowest BCUT2D eigenvalue weighted by Crippen LogP contribution is -2.48. The van der Waals surface area contributed by atoms with Crippen LogP contribution in [0.2, 0.25) is 0 Å². The zero-order chi connectivity index (χ0) is 13.5. The van der Waals surface area contributed by atoms with Crippen LogP contribution in [-0.4, -0.2) is 18.8 Å². The SMILES string of the molecule is CCOC(C(C)C)C(Cc1ccc(I)cc1)NN. The molecular weight excluding hydrogens is 339 g/mol.